The van der Waals surface area contributed by atoms with Crippen LogP contribution in [0, 0.1) is 0 Å². The summed E-state index contributed by atoms with van der Waals surface area (Å²) in [6.07, 6.45) is 1.36. The van der Waals surface area contributed by atoms with Crippen molar-refractivity contribution in [3.8, 4) is 5.75 Å². The van der Waals surface area contributed by atoms with Crippen molar-refractivity contribution in [1.29, 1.82) is 0 Å². The lowest BCUT2D eigenvalue weighted by molar-refractivity contribution is 0.178. The van der Waals surface area contributed by atoms with Crippen LogP contribution in [0.25, 0.3) is 0 Å². The van der Waals surface area contributed by atoms with Crippen molar-refractivity contribution in [2.24, 2.45) is 5.73 Å². The van der Waals surface area contributed by atoms with Crippen LogP contribution >= 0.6 is 27.5 Å². The van der Waals surface area contributed by atoms with Gasteiger partial charge >= 0.3 is 0 Å². The van der Waals surface area contributed by atoms with E-state index in [1.807, 2.05) is 19.1 Å². The van der Waals surface area contributed by atoms with E-state index in [0.29, 0.717) is 16.5 Å². The molecule has 0 bridgehead atoms. The number of hydrogen-bond donors (Lipinski definition) is 1. The van der Waals surface area contributed by atoms with E-state index < -0.39 is 0 Å². The minimum Gasteiger partial charge on any atom is -0.489 e. The van der Waals surface area contributed by atoms with E-state index in [9.17, 15) is 0 Å². The van der Waals surface area contributed by atoms with E-state index >= 15 is 0 Å². The molecule has 2 unspecified atom stereocenters. The van der Waals surface area contributed by atoms with Crippen LogP contribution in [0.2, 0.25) is 5.02 Å². The Morgan fingerprint density at radius 3 is 2.78 bits per heavy atom. The van der Waals surface area contributed by atoms with Gasteiger partial charge in [-0.25, -0.2) is 0 Å². The minimum atomic E-state index is -0.353. The molecule has 1 aromatic heterocycles. The van der Waals surface area contributed by atoms with Gasteiger partial charge in [-0.3, -0.25) is 0 Å². The zero-order chi connectivity index (χ0) is 13.1. The summed E-state index contributed by atoms with van der Waals surface area (Å²) in [5.74, 6) is 1.36. The van der Waals surface area contributed by atoms with Crippen LogP contribution in [0.4, 0.5) is 0 Å². The van der Waals surface area contributed by atoms with Crippen LogP contribution in [0.3, 0.4) is 0 Å². The van der Waals surface area contributed by atoms with Crippen LogP contribution < -0.4 is 10.5 Å². The molecule has 0 aliphatic rings. The Kier molecular flexibility index (Phi) is 4.32. The van der Waals surface area contributed by atoms with Crippen LogP contribution in [0.1, 0.15) is 18.7 Å². The number of furan rings is 1. The summed E-state index contributed by atoms with van der Waals surface area (Å²) in [6, 6.07) is 8.67. The summed E-state index contributed by atoms with van der Waals surface area (Å²) in [4.78, 5) is 0. The van der Waals surface area contributed by atoms with Gasteiger partial charge in [0, 0.05) is 5.02 Å². The molecule has 0 amide bonds. The highest BCUT2D eigenvalue weighted by molar-refractivity contribution is 9.10. The number of hydrogen-bond acceptors (Lipinski definition) is 3. The quantitative estimate of drug-likeness (QED) is 0.915. The average Bonchev–Trinajstić information content (AvgIpc) is 2.74. The van der Waals surface area contributed by atoms with Crippen molar-refractivity contribution >= 4 is 27.5 Å². The Hall–Kier alpha value is -0.970. The molecule has 96 valence electrons. The summed E-state index contributed by atoms with van der Waals surface area (Å²) in [5, 5.41) is 0.632. The molecule has 0 radical (unpaired) electrons. The fourth-order valence-corrected chi connectivity index (χ4v) is 2.23. The third-order valence-electron chi connectivity index (χ3n) is 2.57. The molecule has 2 aromatic rings. The molecule has 18 heavy (non-hydrogen) atoms. The molecule has 1 aromatic carbocycles. The molecule has 0 aliphatic carbocycles. The Bertz CT molecular complexity index is 529. The van der Waals surface area contributed by atoms with Crippen LogP contribution in [0.5, 0.6) is 5.75 Å². The van der Waals surface area contributed by atoms with Gasteiger partial charge in [0.15, 0.2) is 0 Å². The minimum absolute atomic E-state index is 0.231. The fourth-order valence-electron chi connectivity index (χ4n) is 1.58. The number of rotatable bonds is 4. The highest BCUT2D eigenvalue weighted by atomic mass is 79.9. The summed E-state index contributed by atoms with van der Waals surface area (Å²) >= 11 is 9.28. The lowest BCUT2D eigenvalue weighted by Gasteiger charge is -2.20. The van der Waals surface area contributed by atoms with Gasteiger partial charge in [-0.2, -0.15) is 0 Å². The van der Waals surface area contributed by atoms with E-state index in [1.54, 1.807) is 24.5 Å². The SMILES string of the molecule is CC(Oc1cccc(Cl)c1)C(N)c1occc1Br. The largest absolute Gasteiger partial charge is 0.489 e. The second-order valence-corrected chi connectivity index (χ2v) is 5.23. The smallest absolute Gasteiger partial charge is 0.138 e. The average molecular weight is 331 g/mol. The Balaban J connectivity index is 2.08. The Morgan fingerprint density at radius 1 is 1.39 bits per heavy atom. The van der Waals surface area contributed by atoms with E-state index in [4.69, 9.17) is 26.5 Å². The number of benzene rings is 1. The molecule has 5 heteroatoms. The molecule has 3 nitrogen and oxygen atoms in total. The predicted molar refractivity (Wildman–Crippen MR) is 74.9 cm³/mol. The third kappa shape index (κ3) is 3.07. The molecule has 0 saturated heterocycles. The molecule has 2 N–H and O–H groups in total. The Morgan fingerprint density at radius 2 is 2.17 bits per heavy atom. The first-order valence-electron chi connectivity index (χ1n) is 5.48. The van der Waals surface area contributed by atoms with Crippen molar-refractivity contribution in [3.63, 3.8) is 0 Å². The van der Waals surface area contributed by atoms with E-state index in [0.717, 1.165) is 4.47 Å². The lowest BCUT2D eigenvalue weighted by atomic mass is 10.1. The van der Waals surface area contributed by atoms with E-state index in [2.05, 4.69) is 15.9 Å². The summed E-state index contributed by atoms with van der Waals surface area (Å²) in [6.45, 7) is 1.89. The lowest BCUT2D eigenvalue weighted by Crippen LogP contribution is -2.28. The highest BCUT2D eigenvalue weighted by Gasteiger charge is 2.21. The Labute approximate surface area is 119 Å². The molecular formula is C13H13BrClNO2. The van der Waals surface area contributed by atoms with Gasteiger partial charge in [-0.1, -0.05) is 17.7 Å². The van der Waals surface area contributed by atoms with Gasteiger partial charge in [0.1, 0.15) is 23.7 Å². The van der Waals surface area contributed by atoms with Gasteiger partial charge in [0.25, 0.3) is 0 Å². The summed E-state index contributed by atoms with van der Waals surface area (Å²) in [7, 11) is 0. The van der Waals surface area contributed by atoms with Gasteiger partial charge in [0.2, 0.25) is 0 Å². The first-order valence-corrected chi connectivity index (χ1v) is 6.65. The van der Waals surface area contributed by atoms with Gasteiger partial charge < -0.3 is 14.9 Å². The number of ether oxygens (including phenoxy) is 1. The maximum atomic E-state index is 6.09. The molecule has 1 heterocycles. The second kappa shape index (κ2) is 5.78. The van der Waals surface area contributed by atoms with Crippen molar-refractivity contribution < 1.29 is 9.15 Å². The van der Waals surface area contributed by atoms with E-state index in [1.165, 1.54) is 0 Å². The van der Waals surface area contributed by atoms with Gasteiger partial charge in [-0.05, 0) is 47.1 Å². The van der Waals surface area contributed by atoms with E-state index in [-0.39, 0.29) is 12.1 Å². The second-order valence-electron chi connectivity index (χ2n) is 3.94. The number of nitrogens with two attached hydrogens (primary N) is 1. The first kappa shape index (κ1) is 13.5. The van der Waals surface area contributed by atoms with Gasteiger partial charge in [-0.15, -0.1) is 0 Å². The molecule has 0 aliphatic heterocycles. The molecule has 2 atom stereocenters. The maximum absolute atomic E-state index is 6.09. The maximum Gasteiger partial charge on any atom is 0.138 e. The normalized spacial score (nSPS) is 14.2. The van der Waals surface area contributed by atoms with Crippen molar-refractivity contribution in [2.75, 3.05) is 0 Å². The first-order chi connectivity index (χ1) is 8.58. The molecule has 0 saturated carbocycles. The highest BCUT2D eigenvalue weighted by Crippen LogP contribution is 2.27. The number of halogens is 2. The molecule has 0 spiro atoms. The fraction of sp³-hybridized carbons (Fsp3) is 0.231. The van der Waals surface area contributed by atoms with Crippen LogP contribution in [0.15, 0.2) is 45.5 Å². The van der Waals surface area contributed by atoms with Crippen molar-refractivity contribution in [2.45, 2.75) is 19.1 Å². The van der Waals surface area contributed by atoms with Crippen LogP contribution in [-0.2, 0) is 0 Å². The van der Waals surface area contributed by atoms with Gasteiger partial charge in [0.05, 0.1) is 10.7 Å². The zero-order valence-electron chi connectivity index (χ0n) is 9.77. The monoisotopic (exact) mass is 329 g/mol. The van der Waals surface area contributed by atoms with Crippen LogP contribution in [-0.4, -0.2) is 6.10 Å². The molecule has 2 rings (SSSR count). The standard InChI is InChI=1S/C13H13BrClNO2/c1-8(12(16)13-11(14)5-6-17-13)18-10-4-2-3-9(15)7-10/h2-8,12H,16H2,1H3. The van der Waals surface area contributed by atoms with Crippen molar-refractivity contribution in [1.82, 2.24) is 0 Å². The topological polar surface area (TPSA) is 48.4 Å². The van der Waals surface area contributed by atoms with Crippen molar-refractivity contribution in [3.05, 3.63) is 51.9 Å². The summed E-state index contributed by atoms with van der Waals surface area (Å²) in [5.41, 5.74) is 6.09. The summed E-state index contributed by atoms with van der Waals surface area (Å²) < 4.78 is 11.9. The zero-order valence-corrected chi connectivity index (χ0v) is 12.1. The molecular weight excluding hydrogens is 318 g/mol. The third-order valence-corrected chi connectivity index (χ3v) is 3.46. The predicted octanol–water partition coefficient (Wildman–Crippen LogP) is 4.16. The molecule has 0 fully saturated rings.